The molecule has 10 heteroatoms. The van der Waals surface area contributed by atoms with Crippen LogP contribution in [0.3, 0.4) is 0 Å². The van der Waals surface area contributed by atoms with Crippen LogP contribution in [0.4, 0.5) is 0 Å². The lowest BCUT2D eigenvalue weighted by Gasteiger charge is -2.18. The van der Waals surface area contributed by atoms with Gasteiger partial charge in [-0.15, -0.1) is 9.35 Å². The Bertz CT molecular complexity index is 290. The number of carboxylic acid groups (broad SMARTS) is 2. The number of aliphatic carboxylic acids is 2. The van der Waals surface area contributed by atoms with Crippen LogP contribution in [-0.2, 0) is 33.3 Å². The van der Waals surface area contributed by atoms with Gasteiger partial charge in [0.2, 0.25) is 0 Å². The molecule has 2 N–H and O–H groups in total. The molecule has 0 bridgehead atoms. The minimum absolute atomic E-state index is 0.959. The number of rotatable bonds is 8. The van der Waals surface area contributed by atoms with Gasteiger partial charge in [0.15, 0.2) is 5.66 Å². The fourth-order valence-corrected chi connectivity index (χ4v) is 2.12. The van der Waals surface area contributed by atoms with Gasteiger partial charge in [-0.1, -0.05) is 0 Å². The van der Waals surface area contributed by atoms with Gasteiger partial charge >= 0.3 is 19.5 Å². The van der Waals surface area contributed by atoms with Crippen molar-refractivity contribution in [2.45, 2.75) is 12.1 Å². The van der Waals surface area contributed by atoms with Crippen molar-refractivity contribution in [2.24, 2.45) is 0 Å². The monoisotopic (exact) mass is 258 g/mol. The molecular weight excluding hydrogens is 247 g/mol. The van der Waals surface area contributed by atoms with Crippen LogP contribution in [0.5, 0.6) is 0 Å². The molecule has 9 nitrogen and oxygen atoms in total. The summed E-state index contributed by atoms with van der Waals surface area (Å²) in [5.41, 5.74) is -1.93. The van der Waals surface area contributed by atoms with Gasteiger partial charge in [0.25, 0.3) is 0 Å². The summed E-state index contributed by atoms with van der Waals surface area (Å²) in [6.45, 7) is 0. The first-order valence-electron chi connectivity index (χ1n) is 3.86. The first-order valence-corrected chi connectivity index (χ1v) is 5.47. The Morgan fingerprint density at radius 1 is 1.19 bits per heavy atom. The van der Waals surface area contributed by atoms with Gasteiger partial charge in [-0.3, -0.25) is 14.2 Å². The van der Waals surface area contributed by atoms with E-state index >= 15 is 0 Å². The molecule has 0 aromatic heterocycles. The molecule has 0 rings (SSSR count). The second-order valence-corrected chi connectivity index (χ2v) is 4.48. The van der Waals surface area contributed by atoms with E-state index in [1.165, 1.54) is 0 Å². The molecule has 0 saturated carbocycles. The summed E-state index contributed by atoms with van der Waals surface area (Å²) in [6, 6.07) is 0. The van der Waals surface area contributed by atoms with Crippen LogP contribution in [0, 0.1) is 0 Å². The minimum atomic E-state index is -4.36. The topological polar surface area (TPSA) is 129 Å². The van der Waals surface area contributed by atoms with Crippen LogP contribution in [-0.4, -0.2) is 42.0 Å². The Labute approximate surface area is 90.3 Å². The fourth-order valence-electron chi connectivity index (χ4n) is 0.824. The molecule has 0 aliphatic heterocycles. The Morgan fingerprint density at radius 3 is 1.88 bits per heavy atom. The van der Waals surface area contributed by atoms with Crippen molar-refractivity contribution in [3.8, 4) is 0 Å². The van der Waals surface area contributed by atoms with Crippen molar-refractivity contribution in [1.29, 1.82) is 0 Å². The summed E-state index contributed by atoms with van der Waals surface area (Å²) in [6.07, 6.45) is -0.959. The first kappa shape index (κ1) is 15.0. The third kappa shape index (κ3) is 4.25. The predicted molar refractivity (Wildman–Crippen MR) is 47.5 cm³/mol. The van der Waals surface area contributed by atoms with E-state index in [0.717, 1.165) is 14.2 Å². The Hall–Kier alpha value is -0.990. The molecule has 1 unspecified atom stereocenters. The molecule has 0 aromatic carbocycles. The molecule has 0 aliphatic rings. The van der Waals surface area contributed by atoms with Crippen LogP contribution in [0.2, 0.25) is 0 Å². The Kier molecular flexibility index (Phi) is 6.16. The van der Waals surface area contributed by atoms with E-state index in [2.05, 4.69) is 19.1 Å². The van der Waals surface area contributed by atoms with Gasteiger partial charge in [-0.05, 0) is 0 Å². The molecule has 0 radical (unpaired) electrons. The summed E-state index contributed by atoms with van der Waals surface area (Å²) in [4.78, 5) is 29.2. The highest BCUT2D eigenvalue weighted by Crippen LogP contribution is 2.54. The normalized spacial score (nSPS) is 13.4. The highest BCUT2D eigenvalue weighted by Gasteiger charge is 2.45. The van der Waals surface area contributed by atoms with E-state index in [1.807, 2.05) is 0 Å². The van der Waals surface area contributed by atoms with Gasteiger partial charge in [-0.25, -0.2) is 9.78 Å². The van der Waals surface area contributed by atoms with E-state index in [9.17, 15) is 14.2 Å². The predicted octanol–water partition coefficient (Wildman–Crippen LogP) is 0.263. The average molecular weight is 258 g/mol. The summed E-state index contributed by atoms with van der Waals surface area (Å²) in [5, 5.41) is 17.2. The SMILES string of the molecule is COOP(=O)(OOC)C(CC(=O)O)C(=O)O. The second kappa shape index (κ2) is 6.56. The lowest BCUT2D eigenvalue weighted by atomic mass is 10.3. The number of hydrogen-bond acceptors (Lipinski definition) is 7. The molecule has 0 spiro atoms. The van der Waals surface area contributed by atoms with Crippen molar-refractivity contribution in [3.63, 3.8) is 0 Å². The highest BCUT2D eigenvalue weighted by molar-refractivity contribution is 7.55. The largest absolute Gasteiger partial charge is 0.481 e. The summed E-state index contributed by atoms with van der Waals surface area (Å²) in [7, 11) is -2.44. The van der Waals surface area contributed by atoms with Crippen LogP contribution < -0.4 is 0 Å². The second-order valence-electron chi connectivity index (χ2n) is 2.47. The molecule has 0 saturated heterocycles. The standard InChI is InChI=1S/C6H11O9P/c1-12-14-16(11,15-13-2)4(6(9)10)3-5(7)8/h4H,3H2,1-2H3,(H,7,8)(H,9,10). The van der Waals surface area contributed by atoms with Crippen molar-refractivity contribution in [1.82, 2.24) is 0 Å². The van der Waals surface area contributed by atoms with E-state index in [0.29, 0.717) is 0 Å². The molecule has 0 heterocycles. The van der Waals surface area contributed by atoms with E-state index in [4.69, 9.17) is 10.2 Å². The van der Waals surface area contributed by atoms with Crippen molar-refractivity contribution in [3.05, 3.63) is 0 Å². The van der Waals surface area contributed by atoms with Gasteiger partial charge in [0, 0.05) is 0 Å². The summed E-state index contributed by atoms with van der Waals surface area (Å²) >= 11 is 0. The van der Waals surface area contributed by atoms with Crippen LogP contribution in [0.15, 0.2) is 0 Å². The third-order valence-electron chi connectivity index (χ3n) is 1.39. The molecule has 1 atom stereocenters. The molecule has 0 amide bonds. The van der Waals surface area contributed by atoms with Gasteiger partial charge in [0.1, 0.15) is 0 Å². The van der Waals surface area contributed by atoms with Crippen LogP contribution in [0.1, 0.15) is 6.42 Å². The van der Waals surface area contributed by atoms with Crippen molar-refractivity contribution >= 4 is 19.5 Å². The zero-order chi connectivity index (χ0) is 12.8. The maximum absolute atomic E-state index is 11.8. The first-order chi connectivity index (χ1) is 7.37. The zero-order valence-corrected chi connectivity index (χ0v) is 9.38. The molecule has 0 fully saturated rings. The highest BCUT2D eigenvalue weighted by atomic mass is 31.2. The smallest absolute Gasteiger partial charge is 0.398 e. The van der Waals surface area contributed by atoms with Gasteiger partial charge in [-0.2, -0.15) is 0 Å². The number of carbonyl (C=O) groups is 2. The maximum Gasteiger partial charge on any atom is 0.398 e. The third-order valence-corrected chi connectivity index (χ3v) is 3.27. The minimum Gasteiger partial charge on any atom is -0.481 e. The van der Waals surface area contributed by atoms with Crippen LogP contribution >= 0.6 is 7.60 Å². The fraction of sp³-hybridized carbons (Fsp3) is 0.667. The van der Waals surface area contributed by atoms with E-state index in [-0.39, 0.29) is 0 Å². The van der Waals surface area contributed by atoms with Crippen LogP contribution in [0.25, 0.3) is 0 Å². The zero-order valence-electron chi connectivity index (χ0n) is 8.48. The molecular formula is C6H11O9P. The average Bonchev–Trinajstić information content (AvgIpc) is 2.14. The van der Waals surface area contributed by atoms with E-state index < -0.39 is 31.6 Å². The van der Waals surface area contributed by atoms with Crippen molar-refractivity contribution in [2.75, 3.05) is 14.2 Å². The molecule has 16 heavy (non-hydrogen) atoms. The Balaban J connectivity index is 5.01. The lowest BCUT2D eigenvalue weighted by molar-refractivity contribution is -0.244. The number of carboxylic acids is 2. The molecule has 0 aromatic rings. The maximum atomic E-state index is 11.8. The van der Waals surface area contributed by atoms with Gasteiger partial charge < -0.3 is 10.2 Å². The summed E-state index contributed by atoms with van der Waals surface area (Å²) < 4.78 is 20.1. The van der Waals surface area contributed by atoms with E-state index in [1.54, 1.807) is 0 Å². The summed E-state index contributed by atoms with van der Waals surface area (Å²) in [5.74, 6) is -3.15. The quantitative estimate of drug-likeness (QED) is 0.357. The Morgan fingerprint density at radius 2 is 1.62 bits per heavy atom. The van der Waals surface area contributed by atoms with Crippen molar-refractivity contribution < 1.29 is 43.5 Å². The lowest BCUT2D eigenvalue weighted by Crippen LogP contribution is -2.26. The molecule has 0 aliphatic carbocycles. The van der Waals surface area contributed by atoms with Gasteiger partial charge in [0.05, 0.1) is 20.6 Å². The number of hydrogen-bond donors (Lipinski definition) is 2. The molecule has 94 valence electrons.